The van der Waals surface area contributed by atoms with Crippen LogP contribution in [0.2, 0.25) is 0 Å². The van der Waals surface area contributed by atoms with Gasteiger partial charge in [0.05, 0.1) is 5.56 Å². The molecule has 1 aromatic rings. The molecule has 0 fully saturated rings. The van der Waals surface area contributed by atoms with E-state index in [4.69, 9.17) is 5.73 Å². The monoisotopic (exact) mass is 236 g/mol. The number of thiocarbonyl (C=S) groups is 1. The van der Waals surface area contributed by atoms with E-state index in [0.717, 1.165) is 6.20 Å². The number of pyridine rings is 1. The molecule has 0 spiro atoms. The number of nitrogens with two attached hydrogens (primary N) is 1. The first-order valence-corrected chi connectivity index (χ1v) is 4.28. The van der Waals surface area contributed by atoms with Crippen LogP contribution in [0.25, 0.3) is 0 Å². The minimum Gasteiger partial charge on any atom is -0.389 e. The van der Waals surface area contributed by atoms with Gasteiger partial charge in [-0.25, -0.2) is 0 Å². The number of aromatic nitrogens is 1. The maximum absolute atomic E-state index is 12.0. The van der Waals surface area contributed by atoms with Gasteiger partial charge in [-0.3, -0.25) is 4.79 Å². The van der Waals surface area contributed by atoms with Crippen LogP contribution in [0.15, 0.2) is 23.1 Å². The summed E-state index contributed by atoms with van der Waals surface area (Å²) in [7, 11) is 0. The van der Waals surface area contributed by atoms with E-state index in [0.29, 0.717) is 4.57 Å². The lowest BCUT2D eigenvalue weighted by atomic mass is 10.3. The van der Waals surface area contributed by atoms with Crippen LogP contribution < -0.4 is 11.3 Å². The van der Waals surface area contributed by atoms with Gasteiger partial charge < -0.3 is 10.3 Å². The molecule has 3 nitrogen and oxygen atoms in total. The van der Waals surface area contributed by atoms with E-state index in [-0.39, 0.29) is 10.6 Å². The molecule has 2 N–H and O–H groups in total. The summed E-state index contributed by atoms with van der Waals surface area (Å²) in [5.74, 6) is 0. The first-order chi connectivity index (χ1) is 6.81. The fourth-order valence-corrected chi connectivity index (χ4v) is 1.20. The Morgan fingerprint density at radius 1 is 1.53 bits per heavy atom. The van der Waals surface area contributed by atoms with E-state index >= 15 is 0 Å². The van der Waals surface area contributed by atoms with Crippen LogP contribution in [0.4, 0.5) is 13.2 Å². The molecule has 7 heteroatoms. The third-order valence-electron chi connectivity index (χ3n) is 1.64. The summed E-state index contributed by atoms with van der Waals surface area (Å²) in [5, 5.41) is 0. The number of rotatable bonds is 2. The van der Waals surface area contributed by atoms with E-state index in [1.807, 2.05) is 0 Å². The summed E-state index contributed by atoms with van der Waals surface area (Å²) >= 11 is 4.53. The summed E-state index contributed by atoms with van der Waals surface area (Å²) in [6.07, 6.45) is -3.41. The second-order valence-corrected chi connectivity index (χ2v) is 3.27. The molecule has 0 aliphatic carbocycles. The lowest BCUT2D eigenvalue weighted by Gasteiger charge is -2.09. The van der Waals surface area contributed by atoms with Crippen molar-refractivity contribution in [3.8, 4) is 0 Å². The van der Waals surface area contributed by atoms with Crippen molar-refractivity contribution in [2.45, 2.75) is 12.7 Å². The van der Waals surface area contributed by atoms with Gasteiger partial charge in [-0.1, -0.05) is 12.2 Å². The zero-order chi connectivity index (χ0) is 11.6. The summed E-state index contributed by atoms with van der Waals surface area (Å²) in [4.78, 5) is 11.2. The number of hydrogen-bond donors (Lipinski definition) is 1. The number of alkyl halides is 3. The first kappa shape index (κ1) is 11.7. The predicted molar refractivity (Wildman–Crippen MR) is 52.6 cm³/mol. The molecule has 0 aromatic carbocycles. The largest absolute Gasteiger partial charge is 0.406 e. The van der Waals surface area contributed by atoms with Gasteiger partial charge >= 0.3 is 6.18 Å². The lowest BCUT2D eigenvalue weighted by Crippen LogP contribution is -2.32. The molecule has 82 valence electrons. The average Bonchev–Trinajstić information content (AvgIpc) is 2.05. The Hall–Kier alpha value is -1.37. The summed E-state index contributed by atoms with van der Waals surface area (Å²) < 4.78 is 36.6. The van der Waals surface area contributed by atoms with Crippen LogP contribution in [0.1, 0.15) is 5.56 Å². The zero-order valence-electron chi connectivity index (χ0n) is 7.41. The van der Waals surface area contributed by atoms with Gasteiger partial charge in [0.25, 0.3) is 5.56 Å². The fraction of sp³-hybridized carbons (Fsp3) is 0.250. The average molecular weight is 236 g/mol. The van der Waals surface area contributed by atoms with E-state index in [1.165, 1.54) is 12.1 Å². The number of halogens is 3. The highest BCUT2D eigenvalue weighted by molar-refractivity contribution is 7.80. The smallest absolute Gasteiger partial charge is 0.389 e. The molecule has 0 saturated carbocycles. The molecule has 0 unspecified atom stereocenters. The number of hydrogen-bond acceptors (Lipinski definition) is 2. The molecular formula is C8H7F3N2OS. The molecule has 0 bridgehead atoms. The Labute approximate surface area is 88.3 Å². The minimum absolute atomic E-state index is 0.0863. The topological polar surface area (TPSA) is 48.0 Å². The van der Waals surface area contributed by atoms with Crippen molar-refractivity contribution in [1.29, 1.82) is 0 Å². The zero-order valence-corrected chi connectivity index (χ0v) is 8.23. The quantitative estimate of drug-likeness (QED) is 0.781. The van der Waals surface area contributed by atoms with Crippen molar-refractivity contribution in [3.63, 3.8) is 0 Å². The van der Waals surface area contributed by atoms with Gasteiger partial charge in [-0.2, -0.15) is 13.2 Å². The van der Waals surface area contributed by atoms with Crippen LogP contribution in [0.3, 0.4) is 0 Å². The van der Waals surface area contributed by atoms with E-state index in [9.17, 15) is 18.0 Å². The molecule has 1 aromatic heterocycles. The van der Waals surface area contributed by atoms with Crippen molar-refractivity contribution in [3.05, 3.63) is 34.2 Å². The highest BCUT2D eigenvalue weighted by atomic mass is 32.1. The third kappa shape index (κ3) is 3.05. The Balaban J connectivity index is 3.17. The van der Waals surface area contributed by atoms with E-state index < -0.39 is 18.3 Å². The highest BCUT2D eigenvalue weighted by Crippen LogP contribution is 2.16. The lowest BCUT2D eigenvalue weighted by molar-refractivity contribution is -0.141. The standard InChI is InChI=1S/C8H7F3N2OS/c9-8(10,11)4-13-3-1-2-5(6(12)15)7(13)14/h1-3H,4H2,(H2,12,15). The molecular weight excluding hydrogens is 229 g/mol. The Kier molecular flexibility index (Phi) is 3.13. The molecule has 0 atom stereocenters. The molecule has 0 radical (unpaired) electrons. The fourth-order valence-electron chi connectivity index (χ4n) is 1.04. The van der Waals surface area contributed by atoms with Gasteiger partial charge in [-0.05, 0) is 12.1 Å². The molecule has 0 saturated heterocycles. The second-order valence-electron chi connectivity index (χ2n) is 2.83. The molecule has 0 aliphatic rings. The Morgan fingerprint density at radius 3 is 2.60 bits per heavy atom. The van der Waals surface area contributed by atoms with Crippen LogP contribution in [0.5, 0.6) is 0 Å². The van der Waals surface area contributed by atoms with Gasteiger partial charge in [0.15, 0.2) is 0 Å². The maximum atomic E-state index is 12.0. The second kappa shape index (κ2) is 4.01. The maximum Gasteiger partial charge on any atom is 0.406 e. The van der Waals surface area contributed by atoms with E-state index in [1.54, 1.807) is 0 Å². The van der Waals surface area contributed by atoms with Gasteiger partial charge in [0, 0.05) is 6.20 Å². The first-order valence-electron chi connectivity index (χ1n) is 3.87. The van der Waals surface area contributed by atoms with Gasteiger partial charge in [0.1, 0.15) is 11.5 Å². The van der Waals surface area contributed by atoms with Crippen molar-refractivity contribution in [2.24, 2.45) is 5.73 Å². The summed E-state index contributed by atoms with van der Waals surface area (Å²) in [6.45, 7) is -1.34. The Morgan fingerprint density at radius 2 is 2.13 bits per heavy atom. The SMILES string of the molecule is NC(=S)c1cccn(CC(F)(F)F)c1=O. The predicted octanol–water partition coefficient (Wildman–Crippen LogP) is 1.04. The normalized spacial score (nSPS) is 11.4. The molecule has 15 heavy (non-hydrogen) atoms. The minimum atomic E-state index is -4.45. The van der Waals surface area contributed by atoms with Crippen molar-refractivity contribution < 1.29 is 13.2 Å². The molecule has 0 aliphatic heterocycles. The molecule has 0 amide bonds. The number of nitrogens with zero attached hydrogens (tertiary/aromatic N) is 1. The van der Waals surface area contributed by atoms with Crippen molar-refractivity contribution in [2.75, 3.05) is 0 Å². The summed E-state index contributed by atoms with van der Waals surface area (Å²) in [6, 6.07) is 2.58. The van der Waals surface area contributed by atoms with Crippen LogP contribution in [0, 0.1) is 0 Å². The van der Waals surface area contributed by atoms with Gasteiger partial charge in [-0.15, -0.1) is 0 Å². The highest BCUT2D eigenvalue weighted by Gasteiger charge is 2.28. The van der Waals surface area contributed by atoms with Crippen molar-refractivity contribution >= 4 is 17.2 Å². The molecule has 1 rings (SSSR count). The summed E-state index contributed by atoms with van der Waals surface area (Å²) in [5.41, 5.74) is 4.27. The van der Waals surface area contributed by atoms with Crippen LogP contribution >= 0.6 is 12.2 Å². The third-order valence-corrected chi connectivity index (χ3v) is 1.86. The van der Waals surface area contributed by atoms with Crippen molar-refractivity contribution in [1.82, 2.24) is 4.57 Å². The van der Waals surface area contributed by atoms with E-state index in [2.05, 4.69) is 12.2 Å². The van der Waals surface area contributed by atoms with Crippen LogP contribution in [-0.4, -0.2) is 15.7 Å². The van der Waals surface area contributed by atoms with Gasteiger partial charge in [0.2, 0.25) is 0 Å². The van der Waals surface area contributed by atoms with Crippen LogP contribution in [-0.2, 0) is 6.54 Å². The molecule has 1 heterocycles. The Bertz CT molecular complexity index is 438.